The molecule has 1 aliphatic carbocycles. The lowest BCUT2D eigenvalue weighted by atomic mass is 9.82. The maximum absolute atomic E-state index is 2.42. The van der Waals surface area contributed by atoms with Crippen molar-refractivity contribution < 1.29 is 13.8 Å². The lowest BCUT2D eigenvalue weighted by molar-refractivity contribution is -0.901. The molecule has 47 heavy (non-hydrogen) atoms. The molecule has 0 spiro atoms. The number of aromatic nitrogens is 4. The maximum atomic E-state index is 2.42. The van der Waals surface area contributed by atoms with Crippen molar-refractivity contribution in [1.29, 1.82) is 0 Å². The van der Waals surface area contributed by atoms with Crippen LogP contribution in [0.25, 0.3) is 64.5 Å². The first-order valence-electron chi connectivity index (χ1n) is 16.1. The van der Waals surface area contributed by atoms with Crippen molar-refractivity contribution in [3.05, 3.63) is 164 Å². The van der Waals surface area contributed by atoms with Gasteiger partial charge in [-0.1, -0.05) is 117 Å². The predicted molar refractivity (Wildman–Crippen MR) is 190 cm³/mol. The highest BCUT2D eigenvalue weighted by Crippen LogP contribution is 2.52. The Hall–Kier alpha value is -5.65. The summed E-state index contributed by atoms with van der Waals surface area (Å²) in [6, 6.07) is 48.4. The van der Waals surface area contributed by atoms with Crippen LogP contribution in [0.1, 0.15) is 25.0 Å². The Morgan fingerprint density at radius 2 is 1.28 bits per heavy atom. The van der Waals surface area contributed by atoms with Crippen molar-refractivity contribution in [2.24, 2.45) is 0 Å². The number of benzene rings is 6. The molecule has 0 unspecified atom stereocenters. The first kappa shape index (κ1) is 26.6. The fourth-order valence-electron chi connectivity index (χ4n) is 7.83. The summed E-state index contributed by atoms with van der Waals surface area (Å²) in [6.45, 7) is 4.71. The molecule has 6 aromatic carbocycles. The fourth-order valence-corrected chi connectivity index (χ4v) is 9.06. The highest BCUT2D eigenvalue weighted by molar-refractivity contribution is 7.26. The average molecular weight is 624 g/mol. The molecule has 0 fully saturated rings. The zero-order chi connectivity index (χ0) is 31.3. The summed E-state index contributed by atoms with van der Waals surface area (Å²) in [5, 5.41) is 5.08. The van der Waals surface area contributed by atoms with Gasteiger partial charge in [0, 0.05) is 60.1 Å². The number of hydrogen-bond donors (Lipinski definition) is 0. The lowest BCUT2D eigenvalue weighted by Crippen LogP contribution is -2.58. The van der Waals surface area contributed by atoms with Gasteiger partial charge in [0.15, 0.2) is 0 Å². The van der Waals surface area contributed by atoms with Crippen LogP contribution in [0.3, 0.4) is 0 Å². The minimum absolute atomic E-state index is 0.0938. The quantitative estimate of drug-likeness (QED) is 0.175. The molecule has 0 saturated carbocycles. The van der Waals surface area contributed by atoms with Gasteiger partial charge < -0.3 is 0 Å². The first-order chi connectivity index (χ1) is 23.1. The highest BCUT2D eigenvalue weighted by Gasteiger charge is 2.39. The Balaban J connectivity index is 1.34. The van der Waals surface area contributed by atoms with E-state index in [1.807, 2.05) is 11.3 Å². The Kier molecular flexibility index (Phi) is 5.47. The molecule has 3 aromatic heterocycles. The van der Waals surface area contributed by atoms with Crippen LogP contribution < -0.4 is 13.8 Å². The summed E-state index contributed by atoms with van der Waals surface area (Å²) >= 11 is 1.86. The number of hydrogen-bond acceptors (Lipinski definition) is 1. The zero-order valence-electron chi connectivity index (χ0n) is 26.1. The molecule has 9 aromatic rings. The van der Waals surface area contributed by atoms with E-state index in [2.05, 4.69) is 185 Å². The molecule has 0 atom stereocenters. The van der Waals surface area contributed by atoms with Crippen LogP contribution in [0.4, 0.5) is 0 Å². The summed E-state index contributed by atoms with van der Waals surface area (Å²) < 4.78 is 11.8. The molecule has 5 heteroatoms. The molecule has 0 saturated heterocycles. The van der Waals surface area contributed by atoms with Crippen LogP contribution >= 0.6 is 11.3 Å². The fraction of sp³-hybridized carbons (Fsp3) is 0.0714. The van der Waals surface area contributed by atoms with E-state index in [4.69, 9.17) is 0 Å². The van der Waals surface area contributed by atoms with Crippen molar-refractivity contribution >= 4 is 53.3 Å². The molecule has 10 rings (SSSR count). The van der Waals surface area contributed by atoms with Crippen LogP contribution in [-0.2, 0) is 5.41 Å². The third kappa shape index (κ3) is 3.72. The first-order valence-corrected chi connectivity index (χ1v) is 16.9. The van der Waals surface area contributed by atoms with E-state index in [-0.39, 0.29) is 5.41 Å². The van der Waals surface area contributed by atoms with Gasteiger partial charge in [-0.3, -0.25) is 0 Å². The SMILES string of the molecule is CC1(C)c2ccccc2-c2c1ccc1c3ccccc3n(-[n+]3c[n+](-c4ccccc4)c[n+](-c4cccc5c4sc4ccccc45)c3)c21. The molecular weight excluding hydrogens is 593 g/mol. The Bertz CT molecular complexity index is 2720. The van der Waals surface area contributed by atoms with Gasteiger partial charge in [-0.15, -0.1) is 16.0 Å². The molecule has 0 N–H and O–H groups in total. The molecule has 4 nitrogen and oxygen atoms in total. The van der Waals surface area contributed by atoms with E-state index >= 15 is 0 Å². The molecule has 0 aliphatic heterocycles. The van der Waals surface area contributed by atoms with Crippen LogP contribution in [0.5, 0.6) is 0 Å². The standard InChI is InChI=1S/C42H31N4S/c1-42(2)34-19-9-6-17-33(34)39-35(42)24-23-31-29-15-7-10-20-36(29)46(40(31)39)45-26-43(28-13-4-3-5-14-28)25-44(27-45)37-21-12-18-32-30-16-8-11-22-38(30)47-41(32)37/h3-27H,1-2H3/q+3. The van der Waals surface area contributed by atoms with E-state index in [0.29, 0.717) is 0 Å². The summed E-state index contributed by atoms with van der Waals surface area (Å²) in [6.07, 6.45) is 6.63. The average Bonchev–Trinajstić information content (AvgIpc) is 3.74. The van der Waals surface area contributed by atoms with Crippen LogP contribution in [0, 0.1) is 0 Å². The van der Waals surface area contributed by atoms with Crippen molar-refractivity contribution in [3.63, 3.8) is 0 Å². The molecular formula is C42H31N4S+3. The Labute approximate surface area is 276 Å². The lowest BCUT2D eigenvalue weighted by Gasteiger charge is -2.21. The van der Waals surface area contributed by atoms with Gasteiger partial charge in [0.1, 0.15) is 15.7 Å². The van der Waals surface area contributed by atoms with Crippen molar-refractivity contribution in [2.75, 3.05) is 0 Å². The van der Waals surface area contributed by atoms with E-state index < -0.39 is 0 Å². The van der Waals surface area contributed by atoms with Gasteiger partial charge in [-0.05, 0) is 38.0 Å². The number of para-hydroxylation sites is 2. The monoisotopic (exact) mass is 623 g/mol. The summed E-state index contributed by atoms with van der Waals surface area (Å²) in [5.74, 6) is 0. The Morgan fingerprint density at radius 1 is 0.553 bits per heavy atom. The van der Waals surface area contributed by atoms with Crippen LogP contribution in [-0.4, -0.2) is 4.68 Å². The van der Waals surface area contributed by atoms with Gasteiger partial charge in [-0.25, -0.2) is 0 Å². The van der Waals surface area contributed by atoms with Crippen LogP contribution in [0.2, 0.25) is 0 Å². The van der Waals surface area contributed by atoms with Gasteiger partial charge in [0.2, 0.25) is 11.4 Å². The minimum atomic E-state index is -0.0938. The van der Waals surface area contributed by atoms with Gasteiger partial charge in [0.05, 0.1) is 0 Å². The summed E-state index contributed by atoms with van der Waals surface area (Å²) in [5.41, 5.74) is 9.93. The second kappa shape index (κ2) is 9.68. The number of thiophene rings is 1. The molecule has 0 radical (unpaired) electrons. The zero-order valence-corrected chi connectivity index (χ0v) is 26.9. The van der Waals surface area contributed by atoms with E-state index in [1.54, 1.807) is 0 Å². The number of rotatable bonds is 3. The minimum Gasteiger partial charge on any atom is -0.128 e. The summed E-state index contributed by atoms with van der Waals surface area (Å²) in [7, 11) is 0. The van der Waals surface area contributed by atoms with Gasteiger partial charge in [0.25, 0.3) is 0 Å². The largest absolute Gasteiger partial charge is 0.452 e. The smallest absolute Gasteiger partial charge is 0.128 e. The molecule has 1 aliphatic rings. The van der Waals surface area contributed by atoms with E-state index in [9.17, 15) is 0 Å². The number of nitrogens with zero attached hydrogens (tertiary/aromatic N) is 4. The van der Waals surface area contributed by atoms with Crippen molar-refractivity contribution in [2.45, 2.75) is 19.3 Å². The summed E-state index contributed by atoms with van der Waals surface area (Å²) in [4.78, 5) is 0. The third-order valence-corrected chi connectivity index (χ3v) is 11.2. The Morgan fingerprint density at radius 3 is 2.17 bits per heavy atom. The molecule has 3 heterocycles. The van der Waals surface area contributed by atoms with Crippen molar-refractivity contribution in [3.8, 4) is 22.5 Å². The predicted octanol–water partition coefficient (Wildman–Crippen LogP) is 8.62. The topological polar surface area (TPSA) is 16.6 Å². The van der Waals surface area contributed by atoms with Gasteiger partial charge >= 0.3 is 19.0 Å². The van der Waals surface area contributed by atoms with Gasteiger partial charge in [-0.2, -0.15) is 0 Å². The highest BCUT2D eigenvalue weighted by atomic mass is 32.1. The van der Waals surface area contributed by atoms with Crippen LogP contribution in [0.15, 0.2) is 152 Å². The third-order valence-electron chi connectivity index (χ3n) is 10.0. The van der Waals surface area contributed by atoms with E-state index in [1.165, 1.54) is 64.2 Å². The molecule has 0 bridgehead atoms. The second-order valence-electron chi connectivity index (χ2n) is 13.0. The van der Waals surface area contributed by atoms with E-state index in [0.717, 1.165) is 11.4 Å². The maximum Gasteiger partial charge on any atom is 0.452 e. The number of fused-ring (bicyclic) bond motifs is 10. The van der Waals surface area contributed by atoms with Crippen molar-refractivity contribution in [1.82, 2.24) is 4.68 Å². The molecule has 0 amide bonds. The normalized spacial score (nSPS) is 13.5. The second-order valence-corrected chi connectivity index (χ2v) is 14.1. The molecule has 222 valence electrons.